The standard InChI is InChI=1S/C22H18N6O/c1-13-10-19-26-23-12-28(19)14(2)20(13)22(29)24-16-8-9-18-17(11-16)21(27-25-18)15-6-4-3-5-7-15/h3-12H,1-2H3,(H,24,29)(H,25,27). The third kappa shape index (κ3) is 2.84. The van der Waals surface area contributed by atoms with Crippen molar-refractivity contribution in [1.29, 1.82) is 0 Å². The van der Waals surface area contributed by atoms with Crippen LogP contribution in [0.4, 0.5) is 5.69 Å². The molecular weight excluding hydrogens is 364 g/mol. The molecule has 3 aromatic heterocycles. The zero-order valence-corrected chi connectivity index (χ0v) is 16.0. The second-order valence-electron chi connectivity index (χ2n) is 7.00. The summed E-state index contributed by atoms with van der Waals surface area (Å²) in [6, 6.07) is 17.6. The molecule has 142 valence electrons. The third-order valence-electron chi connectivity index (χ3n) is 5.13. The maximum atomic E-state index is 13.1. The maximum Gasteiger partial charge on any atom is 0.257 e. The number of fused-ring (bicyclic) bond motifs is 2. The topological polar surface area (TPSA) is 88.0 Å². The molecule has 0 aliphatic heterocycles. The van der Waals surface area contributed by atoms with Gasteiger partial charge in [-0.25, -0.2) is 0 Å². The maximum absolute atomic E-state index is 13.1. The average molecular weight is 382 g/mol. The fourth-order valence-corrected chi connectivity index (χ4v) is 3.72. The molecule has 2 N–H and O–H groups in total. The molecule has 0 fully saturated rings. The molecule has 1 amide bonds. The smallest absolute Gasteiger partial charge is 0.257 e. The van der Waals surface area contributed by atoms with Crippen LogP contribution < -0.4 is 5.32 Å². The first-order valence-electron chi connectivity index (χ1n) is 9.26. The molecule has 5 rings (SSSR count). The van der Waals surface area contributed by atoms with Crippen LogP contribution in [0.25, 0.3) is 27.8 Å². The highest BCUT2D eigenvalue weighted by molar-refractivity contribution is 6.07. The molecule has 0 aliphatic carbocycles. The first-order valence-corrected chi connectivity index (χ1v) is 9.26. The number of aromatic amines is 1. The van der Waals surface area contributed by atoms with Crippen molar-refractivity contribution < 1.29 is 4.79 Å². The summed E-state index contributed by atoms with van der Waals surface area (Å²) < 4.78 is 1.81. The van der Waals surface area contributed by atoms with Gasteiger partial charge in [-0.3, -0.25) is 14.3 Å². The van der Waals surface area contributed by atoms with Crippen molar-refractivity contribution in [3.8, 4) is 11.3 Å². The van der Waals surface area contributed by atoms with E-state index in [1.54, 1.807) is 6.33 Å². The molecule has 2 aromatic carbocycles. The third-order valence-corrected chi connectivity index (χ3v) is 5.13. The van der Waals surface area contributed by atoms with Crippen LogP contribution in [0, 0.1) is 13.8 Å². The number of nitrogens with one attached hydrogen (secondary N) is 2. The van der Waals surface area contributed by atoms with Gasteiger partial charge in [0.2, 0.25) is 0 Å². The summed E-state index contributed by atoms with van der Waals surface area (Å²) in [5.74, 6) is -0.167. The van der Waals surface area contributed by atoms with Crippen LogP contribution in [0.15, 0.2) is 60.9 Å². The molecule has 0 unspecified atom stereocenters. The summed E-state index contributed by atoms with van der Waals surface area (Å²) in [7, 11) is 0. The van der Waals surface area contributed by atoms with E-state index in [4.69, 9.17) is 0 Å². The highest BCUT2D eigenvalue weighted by Gasteiger charge is 2.17. The van der Waals surface area contributed by atoms with Gasteiger partial charge in [0.1, 0.15) is 6.33 Å². The Bertz CT molecular complexity index is 1370. The highest BCUT2D eigenvalue weighted by atomic mass is 16.1. The van der Waals surface area contributed by atoms with E-state index in [-0.39, 0.29) is 5.91 Å². The Balaban J connectivity index is 1.53. The number of aromatic nitrogens is 5. The van der Waals surface area contributed by atoms with Gasteiger partial charge in [-0.1, -0.05) is 30.3 Å². The number of carbonyl (C=O) groups excluding carboxylic acids is 1. The lowest BCUT2D eigenvalue weighted by molar-refractivity contribution is 0.102. The predicted molar refractivity (Wildman–Crippen MR) is 112 cm³/mol. The number of pyridine rings is 1. The van der Waals surface area contributed by atoms with E-state index in [1.165, 1.54) is 0 Å². The summed E-state index contributed by atoms with van der Waals surface area (Å²) in [5.41, 5.74) is 6.51. The number of nitrogens with zero attached hydrogens (tertiary/aromatic N) is 4. The van der Waals surface area contributed by atoms with Gasteiger partial charge < -0.3 is 5.32 Å². The number of rotatable bonds is 3. The van der Waals surface area contributed by atoms with E-state index in [0.29, 0.717) is 11.3 Å². The Labute approximate surface area is 166 Å². The van der Waals surface area contributed by atoms with Crippen LogP contribution in [0.5, 0.6) is 0 Å². The minimum Gasteiger partial charge on any atom is -0.322 e. The molecule has 0 aliphatic rings. The number of hydrogen-bond donors (Lipinski definition) is 2. The van der Waals surface area contributed by atoms with Crippen LogP contribution in [0.1, 0.15) is 21.6 Å². The van der Waals surface area contributed by atoms with Gasteiger partial charge in [0, 0.05) is 22.3 Å². The van der Waals surface area contributed by atoms with Crippen molar-refractivity contribution in [1.82, 2.24) is 24.8 Å². The van der Waals surface area contributed by atoms with Crippen LogP contribution in [0.3, 0.4) is 0 Å². The van der Waals surface area contributed by atoms with Crippen molar-refractivity contribution in [3.05, 3.63) is 77.7 Å². The van der Waals surface area contributed by atoms with Gasteiger partial charge in [0.15, 0.2) is 5.65 Å². The van der Waals surface area contributed by atoms with Crippen molar-refractivity contribution in [2.75, 3.05) is 5.32 Å². The molecular formula is C22H18N6O. The molecule has 7 heteroatoms. The van der Waals surface area contributed by atoms with Gasteiger partial charge in [0.05, 0.1) is 16.8 Å². The fourth-order valence-electron chi connectivity index (χ4n) is 3.72. The Morgan fingerprint density at radius 3 is 2.72 bits per heavy atom. The molecule has 0 atom stereocenters. The van der Waals surface area contributed by atoms with Crippen LogP contribution in [-0.4, -0.2) is 30.7 Å². The van der Waals surface area contributed by atoms with Gasteiger partial charge >= 0.3 is 0 Å². The second-order valence-corrected chi connectivity index (χ2v) is 7.00. The molecule has 7 nitrogen and oxygen atoms in total. The Morgan fingerprint density at radius 2 is 1.90 bits per heavy atom. The summed E-state index contributed by atoms with van der Waals surface area (Å²) >= 11 is 0. The van der Waals surface area contributed by atoms with Crippen LogP contribution in [-0.2, 0) is 0 Å². The number of carbonyl (C=O) groups is 1. The summed E-state index contributed by atoms with van der Waals surface area (Å²) in [4.78, 5) is 13.1. The molecule has 3 heterocycles. The molecule has 0 radical (unpaired) electrons. The molecule has 0 spiro atoms. The van der Waals surface area contributed by atoms with Crippen molar-refractivity contribution >= 4 is 28.1 Å². The van der Waals surface area contributed by atoms with Gasteiger partial charge in [-0.15, -0.1) is 10.2 Å². The highest BCUT2D eigenvalue weighted by Crippen LogP contribution is 2.28. The summed E-state index contributed by atoms with van der Waals surface area (Å²) in [6.07, 6.45) is 1.62. The zero-order chi connectivity index (χ0) is 20.0. The van der Waals surface area contributed by atoms with E-state index in [9.17, 15) is 4.79 Å². The molecule has 0 saturated heterocycles. The van der Waals surface area contributed by atoms with E-state index in [2.05, 4.69) is 25.7 Å². The number of benzene rings is 2. The monoisotopic (exact) mass is 382 g/mol. The van der Waals surface area contributed by atoms with Gasteiger partial charge in [-0.2, -0.15) is 5.10 Å². The van der Waals surface area contributed by atoms with E-state index in [1.807, 2.05) is 72.8 Å². The quantitative estimate of drug-likeness (QED) is 0.491. The Kier molecular flexibility index (Phi) is 3.87. The first-order chi connectivity index (χ1) is 14.1. The lowest BCUT2D eigenvalue weighted by Gasteiger charge is -2.12. The van der Waals surface area contributed by atoms with Crippen molar-refractivity contribution in [2.45, 2.75) is 13.8 Å². The number of amides is 1. The second kappa shape index (κ2) is 6.56. The number of anilines is 1. The van der Waals surface area contributed by atoms with Crippen LogP contribution in [0.2, 0.25) is 0 Å². The van der Waals surface area contributed by atoms with Crippen molar-refractivity contribution in [3.63, 3.8) is 0 Å². The Hall–Kier alpha value is -4.00. The van der Waals surface area contributed by atoms with Gasteiger partial charge in [-0.05, 0) is 43.7 Å². The summed E-state index contributed by atoms with van der Waals surface area (Å²) in [6.45, 7) is 3.80. The molecule has 29 heavy (non-hydrogen) atoms. The largest absolute Gasteiger partial charge is 0.322 e. The minimum absolute atomic E-state index is 0.167. The minimum atomic E-state index is -0.167. The average Bonchev–Trinajstić information content (AvgIpc) is 3.35. The molecule has 5 aromatic rings. The predicted octanol–water partition coefficient (Wildman–Crippen LogP) is 4.14. The number of H-pyrrole nitrogens is 1. The fraction of sp³-hybridized carbons (Fsp3) is 0.0909. The lowest BCUT2D eigenvalue weighted by Crippen LogP contribution is -2.16. The number of hydrogen-bond acceptors (Lipinski definition) is 4. The number of aryl methyl sites for hydroxylation is 2. The zero-order valence-electron chi connectivity index (χ0n) is 16.0. The molecule has 0 bridgehead atoms. The molecule has 0 saturated carbocycles. The normalized spacial score (nSPS) is 11.2. The van der Waals surface area contributed by atoms with Crippen LogP contribution >= 0.6 is 0 Å². The van der Waals surface area contributed by atoms with Crippen molar-refractivity contribution in [2.24, 2.45) is 0 Å². The van der Waals surface area contributed by atoms with Gasteiger partial charge in [0.25, 0.3) is 5.91 Å². The van der Waals surface area contributed by atoms with E-state index >= 15 is 0 Å². The SMILES string of the molecule is Cc1cc2nncn2c(C)c1C(=O)Nc1ccc2[nH]nc(-c3ccccc3)c2c1. The summed E-state index contributed by atoms with van der Waals surface area (Å²) in [5, 5.41) is 19.5. The van der Waals surface area contributed by atoms with E-state index < -0.39 is 0 Å². The Morgan fingerprint density at radius 1 is 1.07 bits per heavy atom. The first kappa shape index (κ1) is 17.1. The van der Waals surface area contributed by atoms with E-state index in [0.717, 1.165) is 39.1 Å². The lowest BCUT2D eigenvalue weighted by atomic mass is 10.1.